The number of aromatic nitrogens is 1. The molecule has 0 unspecified atom stereocenters. The van der Waals surface area contributed by atoms with Crippen molar-refractivity contribution in [3.63, 3.8) is 0 Å². The Morgan fingerprint density at radius 2 is 1.62 bits per heavy atom. The number of sulfonamides is 1. The lowest BCUT2D eigenvalue weighted by Gasteiger charge is -2.11. The Kier molecular flexibility index (Phi) is 4.95. The average molecular weight is 367 g/mol. The first-order valence-corrected chi connectivity index (χ1v) is 9.72. The first kappa shape index (κ1) is 17.9. The predicted molar refractivity (Wildman–Crippen MR) is 105 cm³/mol. The Hall–Kier alpha value is -2.86. The second kappa shape index (κ2) is 7.17. The zero-order valence-electron chi connectivity index (χ0n) is 14.9. The lowest BCUT2D eigenvalue weighted by atomic mass is 10.2. The fourth-order valence-corrected chi connectivity index (χ4v) is 3.95. The van der Waals surface area contributed by atoms with E-state index in [1.54, 1.807) is 37.4 Å². The lowest BCUT2D eigenvalue weighted by Crippen LogP contribution is -2.15. The molecule has 0 aliphatic carbocycles. The molecule has 0 aliphatic heterocycles. The number of pyridine rings is 1. The second-order valence-electron chi connectivity index (χ2n) is 6.30. The van der Waals surface area contributed by atoms with Gasteiger partial charge < -0.3 is 5.32 Å². The maximum Gasteiger partial charge on any atom is 0.263 e. The maximum atomic E-state index is 12.6. The minimum Gasteiger partial charge on any atom is -0.354 e. The van der Waals surface area contributed by atoms with Gasteiger partial charge in [-0.1, -0.05) is 29.8 Å². The molecule has 0 saturated heterocycles. The third kappa shape index (κ3) is 4.21. The van der Waals surface area contributed by atoms with E-state index in [-0.39, 0.29) is 10.7 Å². The molecule has 3 rings (SSSR count). The molecule has 5 nitrogen and oxygen atoms in total. The van der Waals surface area contributed by atoms with Gasteiger partial charge in [-0.15, -0.1) is 0 Å². The normalized spacial score (nSPS) is 11.2. The first-order valence-electron chi connectivity index (χ1n) is 8.23. The number of aryl methyl sites for hydroxylation is 3. The molecule has 3 aromatic rings. The van der Waals surface area contributed by atoms with Crippen LogP contribution in [0, 0.1) is 20.8 Å². The molecular weight excluding hydrogens is 346 g/mol. The topological polar surface area (TPSA) is 71.1 Å². The van der Waals surface area contributed by atoms with Crippen molar-refractivity contribution in [2.45, 2.75) is 25.7 Å². The zero-order valence-corrected chi connectivity index (χ0v) is 15.8. The van der Waals surface area contributed by atoms with Crippen molar-refractivity contribution in [3.8, 4) is 0 Å². The summed E-state index contributed by atoms with van der Waals surface area (Å²) in [5.41, 5.74) is 4.61. The molecule has 0 spiro atoms. The Morgan fingerprint density at radius 3 is 2.27 bits per heavy atom. The molecule has 0 fully saturated rings. The van der Waals surface area contributed by atoms with Gasteiger partial charge in [0.2, 0.25) is 0 Å². The standard InChI is InChI=1S/C20H21N3O2S/c1-14-5-4-6-17(12-14)22-18-8-10-20(21-13-18)23-26(24,25)19-9-7-15(2)11-16(19)3/h4-13,22H,1-3H3,(H,21,23). The van der Waals surface area contributed by atoms with Gasteiger partial charge in [-0.2, -0.15) is 0 Å². The SMILES string of the molecule is Cc1cccc(Nc2ccc(NS(=O)(=O)c3ccc(C)cc3C)nc2)c1. The van der Waals surface area contributed by atoms with E-state index in [0.29, 0.717) is 5.56 Å². The highest BCUT2D eigenvalue weighted by Crippen LogP contribution is 2.21. The van der Waals surface area contributed by atoms with E-state index >= 15 is 0 Å². The number of nitrogens with one attached hydrogen (secondary N) is 2. The molecule has 2 N–H and O–H groups in total. The number of rotatable bonds is 5. The van der Waals surface area contributed by atoms with Gasteiger partial charge in [-0.05, 0) is 62.2 Å². The van der Waals surface area contributed by atoms with Crippen molar-refractivity contribution in [2.24, 2.45) is 0 Å². The van der Waals surface area contributed by atoms with Crippen molar-refractivity contribution in [2.75, 3.05) is 10.0 Å². The molecule has 134 valence electrons. The predicted octanol–water partition coefficient (Wildman–Crippen LogP) is 4.55. The summed E-state index contributed by atoms with van der Waals surface area (Å²) in [4.78, 5) is 4.46. The van der Waals surface area contributed by atoms with Gasteiger partial charge >= 0.3 is 0 Å². The molecule has 2 aromatic carbocycles. The minimum atomic E-state index is -3.67. The van der Waals surface area contributed by atoms with Crippen LogP contribution in [0.3, 0.4) is 0 Å². The van der Waals surface area contributed by atoms with Gasteiger partial charge in [0.25, 0.3) is 10.0 Å². The van der Waals surface area contributed by atoms with Crippen molar-refractivity contribution >= 4 is 27.2 Å². The van der Waals surface area contributed by atoms with E-state index in [0.717, 1.165) is 22.5 Å². The molecule has 0 atom stereocenters. The largest absolute Gasteiger partial charge is 0.354 e. The summed E-state index contributed by atoms with van der Waals surface area (Å²) in [5, 5.41) is 3.24. The van der Waals surface area contributed by atoms with Crippen LogP contribution in [0.2, 0.25) is 0 Å². The summed E-state index contributed by atoms with van der Waals surface area (Å²) in [6.45, 7) is 5.73. The molecular formula is C20H21N3O2S. The summed E-state index contributed by atoms with van der Waals surface area (Å²) in [7, 11) is -3.67. The van der Waals surface area contributed by atoms with E-state index in [9.17, 15) is 8.42 Å². The van der Waals surface area contributed by atoms with Crippen LogP contribution in [0.15, 0.2) is 65.7 Å². The molecule has 0 bridgehead atoms. The van der Waals surface area contributed by atoms with Crippen LogP contribution in [-0.4, -0.2) is 13.4 Å². The van der Waals surface area contributed by atoms with E-state index < -0.39 is 10.0 Å². The quantitative estimate of drug-likeness (QED) is 0.694. The molecule has 6 heteroatoms. The van der Waals surface area contributed by atoms with Gasteiger partial charge in [0, 0.05) is 5.69 Å². The highest BCUT2D eigenvalue weighted by Gasteiger charge is 2.17. The van der Waals surface area contributed by atoms with Crippen molar-refractivity contribution in [3.05, 3.63) is 77.5 Å². The zero-order chi connectivity index (χ0) is 18.7. The molecule has 1 heterocycles. The molecule has 0 radical (unpaired) electrons. The molecule has 0 amide bonds. The number of benzene rings is 2. The fraction of sp³-hybridized carbons (Fsp3) is 0.150. The molecule has 0 aliphatic rings. The Bertz CT molecular complexity index is 1030. The monoisotopic (exact) mass is 367 g/mol. The number of hydrogen-bond donors (Lipinski definition) is 2. The van der Waals surface area contributed by atoms with E-state index in [4.69, 9.17) is 0 Å². The van der Waals surface area contributed by atoms with Crippen LogP contribution in [0.5, 0.6) is 0 Å². The minimum absolute atomic E-state index is 0.256. The van der Waals surface area contributed by atoms with E-state index in [1.807, 2.05) is 44.2 Å². The summed E-state index contributed by atoms with van der Waals surface area (Å²) in [6, 6.07) is 16.6. The third-order valence-corrected chi connectivity index (χ3v) is 5.44. The summed E-state index contributed by atoms with van der Waals surface area (Å²) in [5.74, 6) is 0.278. The molecule has 0 saturated carbocycles. The molecule has 26 heavy (non-hydrogen) atoms. The maximum absolute atomic E-state index is 12.6. The smallest absolute Gasteiger partial charge is 0.263 e. The number of hydrogen-bond acceptors (Lipinski definition) is 4. The number of nitrogens with zero attached hydrogens (tertiary/aromatic N) is 1. The van der Waals surface area contributed by atoms with Crippen LogP contribution < -0.4 is 10.0 Å². The van der Waals surface area contributed by atoms with E-state index in [1.165, 1.54) is 0 Å². The van der Waals surface area contributed by atoms with Gasteiger partial charge in [-0.25, -0.2) is 13.4 Å². The molecule has 1 aromatic heterocycles. The Morgan fingerprint density at radius 1 is 0.846 bits per heavy atom. The summed E-state index contributed by atoms with van der Waals surface area (Å²) in [6.07, 6.45) is 1.60. The van der Waals surface area contributed by atoms with Crippen molar-refractivity contribution in [1.29, 1.82) is 0 Å². The lowest BCUT2D eigenvalue weighted by molar-refractivity contribution is 0.600. The summed E-state index contributed by atoms with van der Waals surface area (Å²) < 4.78 is 27.7. The van der Waals surface area contributed by atoms with Crippen molar-refractivity contribution in [1.82, 2.24) is 4.98 Å². The van der Waals surface area contributed by atoms with Gasteiger partial charge in [0.05, 0.1) is 16.8 Å². The van der Waals surface area contributed by atoms with Crippen molar-refractivity contribution < 1.29 is 8.42 Å². The number of anilines is 3. The third-order valence-electron chi connectivity index (χ3n) is 3.93. The highest BCUT2D eigenvalue weighted by atomic mass is 32.2. The fourth-order valence-electron chi connectivity index (χ4n) is 2.71. The summed E-state index contributed by atoms with van der Waals surface area (Å²) >= 11 is 0. The highest BCUT2D eigenvalue weighted by molar-refractivity contribution is 7.92. The van der Waals surface area contributed by atoms with Crippen LogP contribution in [0.1, 0.15) is 16.7 Å². The van der Waals surface area contributed by atoms with Crippen LogP contribution in [-0.2, 0) is 10.0 Å². The van der Waals surface area contributed by atoms with E-state index in [2.05, 4.69) is 15.0 Å². The van der Waals surface area contributed by atoms with Gasteiger partial charge in [-0.3, -0.25) is 4.72 Å². The Labute approximate surface area is 154 Å². The van der Waals surface area contributed by atoms with Gasteiger partial charge in [0.15, 0.2) is 0 Å². The van der Waals surface area contributed by atoms with Crippen LogP contribution in [0.25, 0.3) is 0 Å². The second-order valence-corrected chi connectivity index (χ2v) is 7.95. The average Bonchev–Trinajstić information content (AvgIpc) is 2.56. The Balaban J connectivity index is 1.76. The van der Waals surface area contributed by atoms with Crippen LogP contribution in [0.4, 0.5) is 17.2 Å². The van der Waals surface area contributed by atoms with Gasteiger partial charge in [0.1, 0.15) is 5.82 Å². The van der Waals surface area contributed by atoms with Crippen LogP contribution >= 0.6 is 0 Å². The first-order chi connectivity index (χ1) is 12.3.